The number of aromatic nitrogens is 2. The lowest BCUT2D eigenvalue weighted by molar-refractivity contribution is 0.112. The van der Waals surface area contributed by atoms with Gasteiger partial charge in [0.05, 0.1) is 9.75 Å². The number of fused-ring (bicyclic) bond motifs is 1. The molecule has 0 aliphatic heterocycles. The second kappa shape index (κ2) is 3.29. The van der Waals surface area contributed by atoms with Crippen molar-refractivity contribution in [2.45, 2.75) is 0 Å². The minimum absolute atomic E-state index is 0.704. The van der Waals surface area contributed by atoms with Gasteiger partial charge in [0.2, 0.25) is 0 Å². The SMILES string of the molecule is O=Cc1cn2cc(-c3cccs3)nc2s1. The van der Waals surface area contributed by atoms with E-state index < -0.39 is 0 Å². The average molecular weight is 234 g/mol. The summed E-state index contributed by atoms with van der Waals surface area (Å²) in [6.07, 6.45) is 4.60. The highest BCUT2D eigenvalue weighted by molar-refractivity contribution is 7.18. The number of hydrogen-bond donors (Lipinski definition) is 0. The highest BCUT2D eigenvalue weighted by atomic mass is 32.1. The summed E-state index contributed by atoms with van der Waals surface area (Å²) in [5, 5.41) is 2.03. The molecule has 5 heteroatoms. The molecule has 74 valence electrons. The summed E-state index contributed by atoms with van der Waals surface area (Å²) in [5.41, 5.74) is 0.966. The Morgan fingerprint density at radius 2 is 2.33 bits per heavy atom. The van der Waals surface area contributed by atoms with Crippen LogP contribution in [0.25, 0.3) is 15.5 Å². The number of imidazole rings is 1. The van der Waals surface area contributed by atoms with E-state index in [4.69, 9.17) is 0 Å². The Morgan fingerprint density at radius 3 is 3.00 bits per heavy atom. The van der Waals surface area contributed by atoms with Gasteiger partial charge in [0.25, 0.3) is 0 Å². The number of hydrogen-bond acceptors (Lipinski definition) is 4. The highest BCUT2D eigenvalue weighted by Crippen LogP contribution is 2.26. The molecule has 0 N–H and O–H groups in total. The molecule has 0 aromatic carbocycles. The highest BCUT2D eigenvalue weighted by Gasteiger charge is 2.07. The number of thiophene rings is 1. The maximum absolute atomic E-state index is 10.6. The topological polar surface area (TPSA) is 34.4 Å². The van der Waals surface area contributed by atoms with Crippen LogP contribution >= 0.6 is 22.7 Å². The standard InChI is InChI=1S/C10H6N2OS2/c13-6-7-4-12-5-8(11-10(12)15-7)9-2-1-3-14-9/h1-6H. The van der Waals surface area contributed by atoms with E-state index in [9.17, 15) is 4.79 Å². The molecule has 0 saturated heterocycles. The molecule has 3 rings (SSSR count). The minimum atomic E-state index is 0.704. The van der Waals surface area contributed by atoms with Crippen LogP contribution in [0.4, 0.5) is 0 Å². The van der Waals surface area contributed by atoms with Crippen molar-refractivity contribution >= 4 is 33.9 Å². The Hall–Kier alpha value is -1.46. The van der Waals surface area contributed by atoms with Crippen molar-refractivity contribution in [3.63, 3.8) is 0 Å². The number of carbonyl (C=O) groups is 1. The van der Waals surface area contributed by atoms with Crippen molar-refractivity contribution < 1.29 is 4.79 Å². The molecule has 0 bridgehead atoms. The van der Waals surface area contributed by atoms with E-state index >= 15 is 0 Å². The Bertz CT molecular complexity index is 575. The third-order valence-electron chi connectivity index (χ3n) is 2.06. The molecule has 15 heavy (non-hydrogen) atoms. The molecule has 0 amide bonds. The third-order valence-corrected chi connectivity index (χ3v) is 3.88. The Balaban J connectivity index is 2.16. The summed E-state index contributed by atoms with van der Waals surface area (Å²) < 4.78 is 1.89. The van der Waals surface area contributed by atoms with Crippen molar-refractivity contribution in [3.8, 4) is 10.6 Å². The molecule has 3 aromatic rings. The lowest BCUT2D eigenvalue weighted by Gasteiger charge is -1.85. The second-order valence-electron chi connectivity index (χ2n) is 3.04. The summed E-state index contributed by atoms with van der Waals surface area (Å²) in [7, 11) is 0. The Kier molecular flexibility index (Phi) is 1.93. The van der Waals surface area contributed by atoms with E-state index in [1.165, 1.54) is 11.3 Å². The van der Waals surface area contributed by atoms with Crippen molar-refractivity contribution in [3.05, 3.63) is 34.8 Å². The molecule has 0 aliphatic rings. The van der Waals surface area contributed by atoms with Gasteiger partial charge in [-0.25, -0.2) is 4.98 Å². The lowest BCUT2D eigenvalue weighted by atomic mass is 10.4. The molecule has 3 heterocycles. The van der Waals surface area contributed by atoms with Gasteiger partial charge in [0, 0.05) is 12.4 Å². The van der Waals surface area contributed by atoms with Gasteiger partial charge >= 0.3 is 0 Å². The number of aldehydes is 1. The number of thiazole rings is 1. The predicted molar refractivity (Wildman–Crippen MR) is 61.8 cm³/mol. The van der Waals surface area contributed by atoms with E-state index in [-0.39, 0.29) is 0 Å². The first kappa shape index (κ1) is 8.82. The fourth-order valence-electron chi connectivity index (χ4n) is 1.41. The van der Waals surface area contributed by atoms with Crippen LogP contribution in [0.3, 0.4) is 0 Å². The third kappa shape index (κ3) is 1.40. The first-order valence-corrected chi connectivity index (χ1v) is 6.04. The first-order chi connectivity index (χ1) is 7.36. The van der Waals surface area contributed by atoms with Gasteiger partial charge in [0.1, 0.15) is 5.69 Å². The van der Waals surface area contributed by atoms with Crippen LogP contribution in [-0.2, 0) is 0 Å². The van der Waals surface area contributed by atoms with Crippen molar-refractivity contribution in [2.75, 3.05) is 0 Å². The summed E-state index contributed by atoms with van der Waals surface area (Å²) >= 11 is 3.07. The quantitative estimate of drug-likeness (QED) is 0.639. The molecule has 0 radical (unpaired) electrons. The van der Waals surface area contributed by atoms with E-state index in [2.05, 4.69) is 4.98 Å². The molecule has 0 fully saturated rings. The molecule has 3 nitrogen and oxygen atoms in total. The van der Waals surface area contributed by atoms with Gasteiger partial charge in [-0.05, 0) is 11.4 Å². The van der Waals surface area contributed by atoms with Gasteiger partial charge in [-0.3, -0.25) is 9.20 Å². The zero-order valence-corrected chi connectivity index (χ0v) is 9.22. The molecule has 0 saturated carbocycles. The maximum Gasteiger partial charge on any atom is 0.194 e. The van der Waals surface area contributed by atoms with Crippen LogP contribution in [0.15, 0.2) is 29.9 Å². The van der Waals surface area contributed by atoms with Crippen molar-refractivity contribution in [1.82, 2.24) is 9.38 Å². The van der Waals surface area contributed by atoms with Crippen LogP contribution in [0.2, 0.25) is 0 Å². The number of nitrogens with zero attached hydrogens (tertiary/aromatic N) is 2. The second-order valence-corrected chi connectivity index (χ2v) is 5.03. The normalized spacial score (nSPS) is 10.9. The Morgan fingerprint density at radius 1 is 1.40 bits per heavy atom. The molecular formula is C10H6N2OS2. The molecule has 0 aliphatic carbocycles. The summed E-state index contributed by atoms with van der Waals surface area (Å²) in [5.74, 6) is 0. The largest absolute Gasteiger partial charge is 0.297 e. The zero-order chi connectivity index (χ0) is 10.3. The molecule has 0 spiro atoms. The monoisotopic (exact) mass is 234 g/mol. The van der Waals surface area contributed by atoms with Crippen LogP contribution in [0.1, 0.15) is 9.67 Å². The Labute approximate surface area is 93.6 Å². The smallest absolute Gasteiger partial charge is 0.194 e. The van der Waals surface area contributed by atoms with E-state index in [1.54, 1.807) is 17.5 Å². The number of carbonyl (C=O) groups excluding carboxylic acids is 1. The van der Waals surface area contributed by atoms with Gasteiger partial charge in [0.15, 0.2) is 11.2 Å². The molecule has 0 unspecified atom stereocenters. The summed E-state index contributed by atoms with van der Waals surface area (Å²) in [6.45, 7) is 0. The maximum atomic E-state index is 10.6. The zero-order valence-electron chi connectivity index (χ0n) is 7.58. The first-order valence-electron chi connectivity index (χ1n) is 4.34. The minimum Gasteiger partial charge on any atom is -0.297 e. The predicted octanol–water partition coefficient (Wildman–Crippen LogP) is 2.94. The van der Waals surface area contributed by atoms with Crippen LogP contribution in [0.5, 0.6) is 0 Å². The summed E-state index contributed by atoms with van der Waals surface area (Å²) in [4.78, 5) is 17.7. The van der Waals surface area contributed by atoms with Crippen molar-refractivity contribution in [2.24, 2.45) is 0 Å². The van der Waals surface area contributed by atoms with Gasteiger partial charge < -0.3 is 0 Å². The van der Waals surface area contributed by atoms with Crippen molar-refractivity contribution in [1.29, 1.82) is 0 Å². The lowest BCUT2D eigenvalue weighted by Crippen LogP contribution is -1.72. The van der Waals surface area contributed by atoms with Gasteiger partial charge in [-0.1, -0.05) is 17.4 Å². The summed E-state index contributed by atoms with van der Waals surface area (Å²) in [6, 6.07) is 4.04. The average Bonchev–Trinajstić information content (AvgIpc) is 2.91. The van der Waals surface area contributed by atoms with Crippen LogP contribution in [-0.4, -0.2) is 15.7 Å². The molecule has 0 atom stereocenters. The van der Waals surface area contributed by atoms with E-state index in [0.717, 1.165) is 21.8 Å². The number of rotatable bonds is 2. The van der Waals surface area contributed by atoms with E-state index in [0.29, 0.717) is 4.88 Å². The van der Waals surface area contributed by atoms with Crippen LogP contribution < -0.4 is 0 Å². The fraction of sp³-hybridized carbons (Fsp3) is 0. The molecule has 3 aromatic heterocycles. The van der Waals surface area contributed by atoms with Gasteiger partial charge in [-0.2, -0.15) is 0 Å². The fourth-order valence-corrected chi connectivity index (χ4v) is 2.87. The molecular weight excluding hydrogens is 228 g/mol. The van der Waals surface area contributed by atoms with E-state index in [1.807, 2.05) is 28.1 Å². The van der Waals surface area contributed by atoms with Gasteiger partial charge in [-0.15, -0.1) is 11.3 Å². The van der Waals surface area contributed by atoms with Crippen LogP contribution in [0, 0.1) is 0 Å².